The summed E-state index contributed by atoms with van der Waals surface area (Å²) in [5.41, 5.74) is 7.30. The summed E-state index contributed by atoms with van der Waals surface area (Å²) in [5.74, 6) is 0.163. The van der Waals surface area contributed by atoms with E-state index in [2.05, 4.69) is 15.3 Å². The third-order valence-electron chi connectivity index (χ3n) is 2.58. The van der Waals surface area contributed by atoms with E-state index in [0.717, 1.165) is 5.56 Å². The Balaban J connectivity index is 2.18. The molecule has 2 rings (SSSR count). The normalized spacial score (nSPS) is 9.95. The molecule has 0 radical (unpaired) electrons. The minimum atomic E-state index is -0.478. The molecule has 0 aliphatic heterocycles. The highest BCUT2D eigenvalue weighted by Gasteiger charge is 2.07. The predicted octanol–water partition coefficient (Wildman–Crippen LogP) is 1.20. The first kappa shape index (κ1) is 12.8. The number of primary amides is 1. The minimum absolute atomic E-state index is 0.424. The highest BCUT2D eigenvalue weighted by atomic mass is 16.5. The Labute approximate surface area is 110 Å². The number of nitrogens with zero attached hydrogens (tertiary/aromatic N) is 2. The topological polar surface area (TPSA) is 90.1 Å². The molecule has 6 heteroatoms. The van der Waals surface area contributed by atoms with E-state index in [1.54, 1.807) is 37.7 Å². The molecule has 0 unspecified atom stereocenters. The molecule has 1 aromatic heterocycles. The second kappa shape index (κ2) is 5.81. The molecular formula is C13H14N4O2. The number of aromatic nitrogens is 2. The van der Waals surface area contributed by atoms with Gasteiger partial charge in [0.05, 0.1) is 12.8 Å². The average molecular weight is 258 g/mol. The van der Waals surface area contributed by atoms with Crippen molar-refractivity contribution in [3.8, 4) is 5.75 Å². The Morgan fingerprint density at radius 2 is 2.11 bits per heavy atom. The third-order valence-corrected chi connectivity index (χ3v) is 2.58. The van der Waals surface area contributed by atoms with Gasteiger partial charge in [0.2, 0.25) is 5.91 Å². The van der Waals surface area contributed by atoms with E-state index in [9.17, 15) is 4.79 Å². The number of nitrogens with one attached hydrogen (secondary N) is 1. The Kier molecular flexibility index (Phi) is 3.92. The molecule has 0 aliphatic rings. The first-order valence-electron chi connectivity index (χ1n) is 5.66. The first-order valence-corrected chi connectivity index (χ1v) is 5.66. The summed E-state index contributed by atoms with van der Waals surface area (Å²) in [5, 5.41) is 3.16. The summed E-state index contributed by atoms with van der Waals surface area (Å²) in [4.78, 5) is 19.0. The molecule has 98 valence electrons. The number of nitrogens with two attached hydrogens (primary N) is 1. The molecule has 0 spiro atoms. The number of carbonyl (C=O) groups is 1. The zero-order chi connectivity index (χ0) is 13.7. The van der Waals surface area contributed by atoms with Crippen LogP contribution in [0.3, 0.4) is 0 Å². The van der Waals surface area contributed by atoms with Crippen molar-refractivity contribution >= 4 is 11.6 Å². The van der Waals surface area contributed by atoms with Crippen LogP contribution in [0, 0.1) is 0 Å². The second-order valence-electron chi connectivity index (χ2n) is 3.88. The van der Waals surface area contributed by atoms with Gasteiger partial charge in [-0.2, -0.15) is 0 Å². The van der Waals surface area contributed by atoms with Crippen molar-refractivity contribution in [2.45, 2.75) is 6.54 Å². The van der Waals surface area contributed by atoms with Gasteiger partial charge in [0.25, 0.3) is 0 Å². The molecule has 1 aromatic carbocycles. The predicted molar refractivity (Wildman–Crippen MR) is 70.9 cm³/mol. The number of methoxy groups -OCH3 is 1. The van der Waals surface area contributed by atoms with Gasteiger partial charge >= 0.3 is 0 Å². The number of anilines is 1. The van der Waals surface area contributed by atoms with E-state index in [4.69, 9.17) is 10.5 Å². The van der Waals surface area contributed by atoms with E-state index in [-0.39, 0.29) is 0 Å². The molecule has 0 fully saturated rings. The van der Waals surface area contributed by atoms with Crippen molar-refractivity contribution in [3.05, 3.63) is 48.0 Å². The van der Waals surface area contributed by atoms with Gasteiger partial charge in [-0.15, -0.1) is 0 Å². The van der Waals surface area contributed by atoms with Crippen molar-refractivity contribution in [2.75, 3.05) is 12.4 Å². The third kappa shape index (κ3) is 3.19. The van der Waals surface area contributed by atoms with Crippen molar-refractivity contribution in [3.63, 3.8) is 0 Å². The van der Waals surface area contributed by atoms with Crippen LogP contribution < -0.4 is 15.8 Å². The average Bonchev–Trinajstić information content (AvgIpc) is 2.45. The highest BCUT2D eigenvalue weighted by Crippen LogP contribution is 2.25. The van der Waals surface area contributed by atoms with Gasteiger partial charge in [0.15, 0.2) is 0 Å². The fraction of sp³-hybridized carbons (Fsp3) is 0.154. The number of amides is 1. The second-order valence-corrected chi connectivity index (χ2v) is 3.88. The zero-order valence-corrected chi connectivity index (χ0v) is 10.5. The SMILES string of the molecule is COc1ccc(C(N)=O)cc1NCc1cncnc1. The Bertz CT molecular complexity index is 572. The Morgan fingerprint density at radius 3 is 2.74 bits per heavy atom. The molecule has 1 heterocycles. The fourth-order valence-corrected chi connectivity index (χ4v) is 1.62. The van der Waals surface area contributed by atoms with Crippen LogP contribution in [0.4, 0.5) is 5.69 Å². The first-order chi connectivity index (χ1) is 9.20. The maximum Gasteiger partial charge on any atom is 0.248 e. The number of hydrogen-bond donors (Lipinski definition) is 2. The minimum Gasteiger partial charge on any atom is -0.495 e. The van der Waals surface area contributed by atoms with Gasteiger partial charge in [0, 0.05) is 30.1 Å². The van der Waals surface area contributed by atoms with Crippen LogP contribution in [0.5, 0.6) is 5.75 Å². The molecule has 0 atom stereocenters. The van der Waals surface area contributed by atoms with E-state index >= 15 is 0 Å². The fourth-order valence-electron chi connectivity index (χ4n) is 1.62. The van der Waals surface area contributed by atoms with Crippen molar-refractivity contribution < 1.29 is 9.53 Å². The number of carbonyl (C=O) groups excluding carboxylic acids is 1. The van der Waals surface area contributed by atoms with Crippen molar-refractivity contribution in [2.24, 2.45) is 5.73 Å². The maximum atomic E-state index is 11.2. The molecule has 3 N–H and O–H groups in total. The van der Waals surface area contributed by atoms with Crippen molar-refractivity contribution in [1.29, 1.82) is 0 Å². The lowest BCUT2D eigenvalue weighted by atomic mass is 10.1. The van der Waals surface area contributed by atoms with Gasteiger partial charge < -0.3 is 15.8 Å². The number of rotatable bonds is 5. The number of ether oxygens (including phenoxy) is 1. The smallest absolute Gasteiger partial charge is 0.248 e. The molecule has 0 bridgehead atoms. The largest absolute Gasteiger partial charge is 0.495 e. The van der Waals surface area contributed by atoms with E-state index < -0.39 is 5.91 Å². The van der Waals surface area contributed by atoms with Crippen LogP contribution in [-0.2, 0) is 6.54 Å². The molecule has 19 heavy (non-hydrogen) atoms. The van der Waals surface area contributed by atoms with Crippen LogP contribution in [-0.4, -0.2) is 23.0 Å². The maximum absolute atomic E-state index is 11.2. The Morgan fingerprint density at radius 1 is 1.37 bits per heavy atom. The van der Waals surface area contributed by atoms with E-state index in [1.165, 1.54) is 6.33 Å². The molecule has 6 nitrogen and oxygen atoms in total. The van der Waals surface area contributed by atoms with E-state index in [0.29, 0.717) is 23.5 Å². The summed E-state index contributed by atoms with van der Waals surface area (Å²) >= 11 is 0. The summed E-state index contributed by atoms with van der Waals surface area (Å²) in [6, 6.07) is 4.98. The lowest BCUT2D eigenvalue weighted by Crippen LogP contribution is -2.12. The van der Waals surface area contributed by atoms with Gasteiger partial charge in [-0.1, -0.05) is 0 Å². The quantitative estimate of drug-likeness (QED) is 0.840. The molecule has 0 aliphatic carbocycles. The lowest BCUT2D eigenvalue weighted by Gasteiger charge is -2.11. The standard InChI is InChI=1S/C13H14N4O2/c1-19-12-3-2-10(13(14)18)4-11(12)17-7-9-5-15-8-16-6-9/h2-6,8,17H,7H2,1H3,(H2,14,18). The zero-order valence-electron chi connectivity index (χ0n) is 10.5. The molecular weight excluding hydrogens is 244 g/mol. The number of hydrogen-bond acceptors (Lipinski definition) is 5. The summed E-state index contributed by atoms with van der Waals surface area (Å²) in [7, 11) is 1.57. The van der Waals surface area contributed by atoms with Gasteiger partial charge in [-0.05, 0) is 18.2 Å². The summed E-state index contributed by atoms with van der Waals surface area (Å²) < 4.78 is 5.22. The number of benzene rings is 1. The van der Waals surface area contributed by atoms with Crippen LogP contribution in [0.15, 0.2) is 36.9 Å². The van der Waals surface area contributed by atoms with Gasteiger partial charge in [-0.25, -0.2) is 9.97 Å². The summed E-state index contributed by atoms with van der Waals surface area (Å²) in [6.45, 7) is 0.527. The highest BCUT2D eigenvalue weighted by molar-refractivity contribution is 5.94. The molecule has 0 saturated heterocycles. The lowest BCUT2D eigenvalue weighted by molar-refractivity contribution is 0.100. The van der Waals surface area contributed by atoms with Crippen molar-refractivity contribution in [1.82, 2.24) is 9.97 Å². The van der Waals surface area contributed by atoms with Gasteiger partial charge in [0.1, 0.15) is 12.1 Å². The molecule has 0 saturated carbocycles. The molecule has 1 amide bonds. The monoisotopic (exact) mass is 258 g/mol. The van der Waals surface area contributed by atoms with Gasteiger partial charge in [-0.3, -0.25) is 4.79 Å². The van der Waals surface area contributed by atoms with Crippen LogP contribution in [0.1, 0.15) is 15.9 Å². The summed E-state index contributed by atoms with van der Waals surface area (Å²) in [6.07, 6.45) is 4.90. The van der Waals surface area contributed by atoms with Crippen LogP contribution in [0.25, 0.3) is 0 Å². The van der Waals surface area contributed by atoms with Crippen LogP contribution >= 0.6 is 0 Å². The Hall–Kier alpha value is -2.63. The van der Waals surface area contributed by atoms with Crippen LogP contribution in [0.2, 0.25) is 0 Å². The molecule has 2 aromatic rings. The van der Waals surface area contributed by atoms with E-state index in [1.807, 2.05) is 0 Å².